The number of ether oxygens (including phenoxy) is 1. The Bertz CT molecular complexity index is 482. The SMILES string of the molecule is CC(C)(C)SN=C1c2cccc(F)c2OCC1F. The predicted octanol–water partition coefficient (Wildman–Crippen LogP) is 3.79. The average molecular weight is 271 g/mol. The van der Waals surface area contributed by atoms with Gasteiger partial charge in [-0.15, -0.1) is 0 Å². The van der Waals surface area contributed by atoms with E-state index in [0.717, 1.165) is 0 Å². The minimum atomic E-state index is -1.31. The Morgan fingerprint density at radius 1 is 1.39 bits per heavy atom. The monoisotopic (exact) mass is 271 g/mol. The van der Waals surface area contributed by atoms with Gasteiger partial charge in [-0.2, -0.15) is 0 Å². The lowest BCUT2D eigenvalue weighted by molar-refractivity contribution is 0.222. The number of hydrogen-bond acceptors (Lipinski definition) is 3. The Hall–Kier alpha value is -1.10. The van der Waals surface area contributed by atoms with Gasteiger partial charge in [-0.1, -0.05) is 6.07 Å². The number of benzene rings is 1. The lowest BCUT2D eigenvalue weighted by Crippen LogP contribution is -2.30. The van der Waals surface area contributed by atoms with Gasteiger partial charge in [0.05, 0.1) is 5.71 Å². The van der Waals surface area contributed by atoms with E-state index in [4.69, 9.17) is 4.74 Å². The molecule has 0 aliphatic carbocycles. The third-order valence-electron chi connectivity index (χ3n) is 2.33. The fraction of sp³-hybridized carbons (Fsp3) is 0.462. The zero-order chi connectivity index (χ0) is 13.3. The smallest absolute Gasteiger partial charge is 0.177 e. The second-order valence-corrected chi connectivity index (χ2v) is 6.67. The Balaban J connectivity index is 2.40. The van der Waals surface area contributed by atoms with Crippen molar-refractivity contribution in [1.82, 2.24) is 0 Å². The molecule has 1 unspecified atom stereocenters. The first-order valence-corrected chi connectivity index (χ1v) is 6.47. The summed E-state index contributed by atoms with van der Waals surface area (Å²) in [5, 5.41) is 0. The van der Waals surface area contributed by atoms with E-state index in [0.29, 0.717) is 5.56 Å². The molecule has 0 aromatic heterocycles. The van der Waals surface area contributed by atoms with E-state index >= 15 is 0 Å². The molecule has 0 N–H and O–H groups in total. The molecule has 0 amide bonds. The number of alkyl halides is 1. The zero-order valence-corrected chi connectivity index (χ0v) is 11.4. The zero-order valence-electron chi connectivity index (χ0n) is 10.5. The fourth-order valence-corrected chi connectivity index (χ4v) is 2.14. The molecule has 1 aromatic carbocycles. The molecule has 18 heavy (non-hydrogen) atoms. The topological polar surface area (TPSA) is 21.6 Å². The lowest BCUT2D eigenvalue weighted by atomic mass is 10.0. The highest BCUT2D eigenvalue weighted by Gasteiger charge is 2.29. The summed E-state index contributed by atoms with van der Waals surface area (Å²) >= 11 is 1.28. The molecule has 98 valence electrons. The van der Waals surface area contributed by atoms with Crippen molar-refractivity contribution < 1.29 is 13.5 Å². The van der Waals surface area contributed by atoms with Gasteiger partial charge in [-0.25, -0.2) is 13.2 Å². The summed E-state index contributed by atoms with van der Waals surface area (Å²) in [7, 11) is 0. The minimum Gasteiger partial charge on any atom is -0.486 e. The third-order valence-corrected chi connectivity index (χ3v) is 3.17. The normalized spacial score (nSPS) is 21.6. The van der Waals surface area contributed by atoms with Crippen LogP contribution in [-0.2, 0) is 0 Å². The average Bonchev–Trinajstić information content (AvgIpc) is 2.26. The van der Waals surface area contributed by atoms with Crippen molar-refractivity contribution in [2.75, 3.05) is 6.61 Å². The first-order chi connectivity index (χ1) is 8.38. The molecule has 0 spiro atoms. The summed E-state index contributed by atoms with van der Waals surface area (Å²) in [5.41, 5.74) is 0.668. The van der Waals surface area contributed by atoms with Crippen molar-refractivity contribution in [3.63, 3.8) is 0 Å². The van der Waals surface area contributed by atoms with Crippen LogP contribution in [-0.4, -0.2) is 23.2 Å². The third kappa shape index (κ3) is 2.83. The van der Waals surface area contributed by atoms with Crippen molar-refractivity contribution in [2.24, 2.45) is 4.40 Å². The molecule has 0 saturated heterocycles. The molecular weight excluding hydrogens is 256 g/mol. The number of fused-ring (bicyclic) bond motifs is 1. The molecule has 1 heterocycles. The predicted molar refractivity (Wildman–Crippen MR) is 70.7 cm³/mol. The molecule has 0 bridgehead atoms. The maximum absolute atomic E-state index is 13.8. The molecule has 1 aliphatic rings. The van der Waals surface area contributed by atoms with Crippen LogP contribution in [0.2, 0.25) is 0 Å². The Kier molecular flexibility index (Phi) is 3.61. The van der Waals surface area contributed by atoms with E-state index in [9.17, 15) is 8.78 Å². The van der Waals surface area contributed by atoms with Crippen LogP contribution in [0, 0.1) is 5.82 Å². The van der Waals surface area contributed by atoms with E-state index in [1.54, 1.807) is 6.07 Å². The molecule has 5 heteroatoms. The van der Waals surface area contributed by atoms with Crippen LogP contribution in [0.15, 0.2) is 22.6 Å². The van der Waals surface area contributed by atoms with Crippen LogP contribution in [0.3, 0.4) is 0 Å². The number of para-hydroxylation sites is 1. The van der Waals surface area contributed by atoms with Crippen molar-refractivity contribution in [3.05, 3.63) is 29.6 Å². The standard InChI is InChI=1S/C13H15F2NOS/c1-13(2,3)18-16-11-8-5-4-6-9(14)12(8)17-7-10(11)15/h4-6,10H,7H2,1-3H3. The molecule has 0 saturated carbocycles. The van der Waals surface area contributed by atoms with Gasteiger partial charge in [0, 0.05) is 10.3 Å². The van der Waals surface area contributed by atoms with Crippen LogP contribution in [0.25, 0.3) is 0 Å². The maximum atomic E-state index is 13.8. The molecule has 2 nitrogen and oxygen atoms in total. The molecule has 0 fully saturated rings. The summed E-state index contributed by atoms with van der Waals surface area (Å²) in [6.45, 7) is 5.78. The van der Waals surface area contributed by atoms with Crippen LogP contribution < -0.4 is 4.74 Å². The summed E-state index contributed by atoms with van der Waals surface area (Å²) in [4.78, 5) is 0. The highest BCUT2D eigenvalue weighted by molar-refractivity contribution is 7.99. The maximum Gasteiger partial charge on any atom is 0.177 e. The number of rotatable bonds is 1. The van der Waals surface area contributed by atoms with Crippen LogP contribution in [0.4, 0.5) is 8.78 Å². The highest BCUT2D eigenvalue weighted by atomic mass is 32.2. The Morgan fingerprint density at radius 3 is 2.78 bits per heavy atom. The highest BCUT2D eigenvalue weighted by Crippen LogP contribution is 2.32. The van der Waals surface area contributed by atoms with Crippen molar-refractivity contribution in [3.8, 4) is 5.75 Å². The van der Waals surface area contributed by atoms with Crippen LogP contribution in [0.1, 0.15) is 26.3 Å². The van der Waals surface area contributed by atoms with E-state index in [1.165, 1.54) is 24.1 Å². The van der Waals surface area contributed by atoms with Crippen LogP contribution >= 0.6 is 11.9 Å². The summed E-state index contributed by atoms with van der Waals surface area (Å²) in [5.74, 6) is -0.382. The van der Waals surface area contributed by atoms with E-state index < -0.39 is 12.0 Å². The van der Waals surface area contributed by atoms with Gasteiger partial charge >= 0.3 is 0 Å². The molecule has 1 atom stereocenters. The largest absolute Gasteiger partial charge is 0.486 e. The Labute approximate surface area is 110 Å². The van der Waals surface area contributed by atoms with E-state index in [-0.39, 0.29) is 22.8 Å². The van der Waals surface area contributed by atoms with Gasteiger partial charge < -0.3 is 4.74 Å². The summed E-state index contributed by atoms with van der Waals surface area (Å²) < 4.78 is 36.6. The van der Waals surface area contributed by atoms with Gasteiger partial charge in [-0.3, -0.25) is 0 Å². The fourth-order valence-electron chi connectivity index (χ4n) is 1.55. The quantitative estimate of drug-likeness (QED) is 0.725. The first kappa shape index (κ1) is 13.3. The first-order valence-electron chi connectivity index (χ1n) is 5.70. The second-order valence-electron chi connectivity index (χ2n) is 5.08. The number of halogens is 2. The van der Waals surface area contributed by atoms with E-state index in [1.807, 2.05) is 20.8 Å². The Morgan fingerprint density at radius 2 is 2.11 bits per heavy atom. The molecule has 1 aliphatic heterocycles. The van der Waals surface area contributed by atoms with E-state index in [2.05, 4.69) is 4.40 Å². The van der Waals surface area contributed by atoms with Gasteiger partial charge in [0.1, 0.15) is 6.61 Å². The summed E-state index contributed by atoms with van der Waals surface area (Å²) in [6, 6.07) is 4.46. The molecule has 0 radical (unpaired) electrons. The summed E-state index contributed by atoms with van der Waals surface area (Å²) in [6.07, 6.45) is -1.31. The number of hydrogen-bond donors (Lipinski definition) is 0. The van der Waals surface area contributed by atoms with Gasteiger partial charge in [0.2, 0.25) is 0 Å². The number of nitrogens with zero attached hydrogens (tertiary/aromatic N) is 1. The van der Waals surface area contributed by atoms with Crippen molar-refractivity contribution >= 4 is 17.7 Å². The molecule has 1 aromatic rings. The molecule has 2 rings (SSSR count). The second kappa shape index (κ2) is 4.88. The van der Waals surface area contributed by atoms with Gasteiger partial charge in [-0.05, 0) is 44.9 Å². The van der Waals surface area contributed by atoms with Gasteiger partial charge in [0.25, 0.3) is 0 Å². The van der Waals surface area contributed by atoms with Crippen molar-refractivity contribution in [1.29, 1.82) is 0 Å². The van der Waals surface area contributed by atoms with Crippen LogP contribution in [0.5, 0.6) is 5.75 Å². The lowest BCUT2D eigenvalue weighted by Gasteiger charge is -2.23. The molecular formula is C13H15F2NOS. The van der Waals surface area contributed by atoms with Crippen molar-refractivity contribution in [2.45, 2.75) is 31.7 Å². The minimum absolute atomic E-state index is 0.0969. The van der Waals surface area contributed by atoms with Gasteiger partial charge in [0.15, 0.2) is 17.7 Å².